The highest BCUT2D eigenvalue weighted by Gasteiger charge is 2.34. The van der Waals surface area contributed by atoms with E-state index in [-0.39, 0.29) is 5.56 Å². The van der Waals surface area contributed by atoms with Gasteiger partial charge in [-0.1, -0.05) is 0 Å². The molecule has 0 saturated heterocycles. The minimum atomic E-state index is -4.63. The third-order valence-corrected chi connectivity index (χ3v) is 2.09. The van der Waals surface area contributed by atoms with Crippen LogP contribution >= 0.6 is 0 Å². The number of nitro benzene ring substituents is 1. The van der Waals surface area contributed by atoms with E-state index in [0.717, 1.165) is 6.07 Å². The summed E-state index contributed by atoms with van der Waals surface area (Å²) in [6, 6.07) is 1.42. The molecule has 7 heteroatoms. The topological polar surface area (TPSA) is 63.4 Å². The second-order valence-corrected chi connectivity index (χ2v) is 3.21. The van der Waals surface area contributed by atoms with Crippen LogP contribution in [0.15, 0.2) is 12.1 Å². The van der Waals surface area contributed by atoms with Crippen LogP contribution in [0.3, 0.4) is 0 Å². The van der Waals surface area contributed by atoms with Gasteiger partial charge in [0.2, 0.25) is 0 Å². The minimum absolute atomic E-state index is 0.0884. The lowest BCUT2D eigenvalue weighted by Gasteiger charge is -2.12. The van der Waals surface area contributed by atoms with Gasteiger partial charge in [-0.2, -0.15) is 13.2 Å². The summed E-state index contributed by atoms with van der Waals surface area (Å²) in [4.78, 5) is 9.71. The van der Waals surface area contributed by atoms with E-state index >= 15 is 0 Å². The van der Waals surface area contributed by atoms with Crippen LogP contribution in [-0.4, -0.2) is 10.0 Å². The van der Waals surface area contributed by atoms with Gasteiger partial charge >= 0.3 is 6.18 Å². The number of nitro groups is 1. The maximum absolute atomic E-state index is 12.5. The molecule has 0 fully saturated rings. The molecule has 0 aliphatic rings. The van der Waals surface area contributed by atoms with Gasteiger partial charge in [0.15, 0.2) is 0 Å². The van der Waals surface area contributed by atoms with Gasteiger partial charge in [-0.15, -0.1) is 0 Å². The van der Waals surface area contributed by atoms with Crippen molar-refractivity contribution in [1.29, 1.82) is 0 Å². The Morgan fingerprint density at radius 3 is 2.38 bits per heavy atom. The zero-order valence-corrected chi connectivity index (χ0v) is 8.21. The number of rotatable bonds is 2. The molecule has 0 saturated carbocycles. The zero-order valence-electron chi connectivity index (χ0n) is 8.21. The van der Waals surface area contributed by atoms with E-state index in [1.54, 1.807) is 0 Å². The predicted molar refractivity (Wildman–Crippen MR) is 48.8 cm³/mol. The second-order valence-electron chi connectivity index (χ2n) is 3.21. The van der Waals surface area contributed by atoms with Crippen molar-refractivity contribution in [3.63, 3.8) is 0 Å². The van der Waals surface area contributed by atoms with E-state index in [4.69, 9.17) is 5.11 Å². The Kier molecular flexibility index (Phi) is 3.18. The molecule has 1 N–H and O–H groups in total. The largest absolute Gasteiger partial charge is 0.416 e. The summed E-state index contributed by atoms with van der Waals surface area (Å²) in [6.45, 7) is 0.324. The van der Waals surface area contributed by atoms with Gasteiger partial charge in [0, 0.05) is 11.6 Å². The Bertz CT molecular complexity index is 429. The summed E-state index contributed by atoms with van der Waals surface area (Å²) >= 11 is 0. The van der Waals surface area contributed by atoms with Gasteiger partial charge in [-0.05, 0) is 18.6 Å². The lowest BCUT2D eigenvalue weighted by molar-refractivity contribution is -0.385. The normalized spacial score (nSPS) is 11.6. The number of halogens is 3. The van der Waals surface area contributed by atoms with Crippen LogP contribution in [-0.2, 0) is 12.8 Å². The number of benzene rings is 1. The molecule has 88 valence electrons. The van der Waals surface area contributed by atoms with E-state index in [0.29, 0.717) is 6.07 Å². The Balaban J connectivity index is 3.44. The van der Waals surface area contributed by atoms with E-state index in [9.17, 15) is 23.3 Å². The highest BCUT2D eigenvalue weighted by atomic mass is 19.4. The first-order valence-electron chi connectivity index (χ1n) is 4.23. The molecule has 4 nitrogen and oxygen atoms in total. The van der Waals surface area contributed by atoms with Gasteiger partial charge in [0.25, 0.3) is 5.69 Å². The van der Waals surface area contributed by atoms with Crippen molar-refractivity contribution in [2.45, 2.75) is 19.7 Å². The van der Waals surface area contributed by atoms with E-state index in [2.05, 4.69) is 0 Å². The quantitative estimate of drug-likeness (QED) is 0.632. The number of aryl methyl sites for hydroxylation is 1. The monoisotopic (exact) mass is 235 g/mol. The van der Waals surface area contributed by atoms with Crippen LogP contribution in [0.25, 0.3) is 0 Å². The van der Waals surface area contributed by atoms with Crippen molar-refractivity contribution in [1.82, 2.24) is 0 Å². The van der Waals surface area contributed by atoms with E-state index in [1.807, 2.05) is 0 Å². The summed E-state index contributed by atoms with van der Waals surface area (Å²) in [6.07, 6.45) is -4.63. The fourth-order valence-electron chi connectivity index (χ4n) is 1.33. The second kappa shape index (κ2) is 4.09. The first-order valence-corrected chi connectivity index (χ1v) is 4.23. The van der Waals surface area contributed by atoms with Crippen LogP contribution in [0.1, 0.15) is 16.7 Å². The summed E-state index contributed by atoms with van der Waals surface area (Å²) in [7, 11) is 0. The molecule has 0 unspecified atom stereocenters. The first kappa shape index (κ1) is 12.4. The third kappa shape index (κ3) is 2.30. The van der Waals surface area contributed by atoms with Gasteiger partial charge in [0.05, 0.1) is 17.1 Å². The van der Waals surface area contributed by atoms with Crippen LogP contribution < -0.4 is 0 Å². The SMILES string of the molecule is Cc1cc(C(F)(F)F)c(CO)cc1[N+](=O)[O-]. The van der Waals surface area contributed by atoms with Crippen molar-refractivity contribution in [3.8, 4) is 0 Å². The highest BCUT2D eigenvalue weighted by Crippen LogP contribution is 2.35. The fraction of sp³-hybridized carbons (Fsp3) is 0.333. The Hall–Kier alpha value is -1.63. The Labute approximate surface area is 88.5 Å². The lowest BCUT2D eigenvalue weighted by Crippen LogP contribution is -2.10. The zero-order chi connectivity index (χ0) is 12.5. The molecule has 0 heterocycles. The van der Waals surface area contributed by atoms with Gasteiger partial charge < -0.3 is 5.11 Å². The first-order chi connectivity index (χ1) is 7.27. The molecule has 0 aromatic heterocycles. The third-order valence-electron chi connectivity index (χ3n) is 2.09. The van der Waals surface area contributed by atoms with Crippen LogP contribution in [0, 0.1) is 17.0 Å². The van der Waals surface area contributed by atoms with Crippen molar-refractivity contribution < 1.29 is 23.2 Å². The number of nitrogens with zero attached hydrogens (tertiary/aromatic N) is 1. The number of alkyl halides is 3. The van der Waals surface area contributed by atoms with Crippen LogP contribution in [0.2, 0.25) is 0 Å². The molecule has 1 rings (SSSR count). The average molecular weight is 235 g/mol. The standard InChI is InChI=1S/C9H8F3NO3/c1-5-2-7(9(10,11)12)6(4-14)3-8(5)13(15)16/h2-3,14H,4H2,1H3. The van der Waals surface area contributed by atoms with Crippen LogP contribution in [0.5, 0.6) is 0 Å². The van der Waals surface area contributed by atoms with Crippen molar-refractivity contribution in [3.05, 3.63) is 38.9 Å². The van der Waals surface area contributed by atoms with Gasteiger partial charge in [-0.25, -0.2) is 0 Å². The molecule has 0 aliphatic carbocycles. The summed E-state index contributed by atoms with van der Waals surface area (Å²) < 4.78 is 37.4. The number of hydrogen-bond donors (Lipinski definition) is 1. The number of aliphatic hydroxyl groups is 1. The average Bonchev–Trinajstić information content (AvgIpc) is 2.15. The van der Waals surface area contributed by atoms with Gasteiger partial charge in [-0.3, -0.25) is 10.1 Å². The lowest BCUT2D eigenvalue weighted by atomic mass is 10.0. The summed E-state index contributed by atoms with van der Waals surface area (Å²) in [5.41, 5.74) is -2.06. The predicted octanol–water partition coefficient (Wildman–Crippen LogP) is 2.41. The van der Waals surface area contributed by atoms with Crippen molar-refractivity contribution >= 4 is 5.69 Å². The Morgan fingerprint density at radius 1 is 1.44 bits per heavy atom. The molecule has 16 heavy (non-hydrogen) atoms. The highest BCUT2D eigenvalue weighted by molar-refractivity contribution is 5.47. The summed E-state index contributed by atoms with van der Waals surface area (Å²) in [5.74, 6) is 0. The maximum atomic E-state index is 12.5. The number of hydrogen-bond acceptors (Lipinski definition) is 3. The van der Waals surface area contributed by atoms with Crippen LogP contribution in [0.4, 0.5) is 18.9 Å². The molecular weight excluding hydrogens is 227 g/mol. The molecule has 0 radical (unpaired) electrons. The molecule has 1 aromatic carbocycles. The van der Waals surface area contributed by atoms with Crippen molar-refractivity contribution in [2.75, 3.05) is 0 Å². The minimum Gasteiger partial charge on any atom is -0.392 e. The van der Waals surface area contributed by atoms with Crippen molar-refractivity contribution in [2.24, 2.45) is 0 Å². The number of aliphatic hydroxyl groups excluding tert-OH is 1. The summed E-state index contributed by atoms with van der Waals surface area (Å²) in [5, 5.41) is 19.2. The van der Waals surface area contributed by atoms with E-state index in [1.165, 1.54) is 6.92 Å². The molecule has 0 atom stereocenters. The smallest absolute Gasteiger partial charge is 0.392 e. The molecular formula is C9H8F3NO3. The molecule has 0 spiro atoms. The van der Waals surface area contributed by atoms with E-state index < -0.39 is 34.5 Å². The molecule has 1 aromatic rings. The van der Waals surface area contributed by atoms with Gasteiger partial charge in [0.1, 0.15) is 0 Å². The fourth-order valence-corrected chi connectivity index (χ4v) is 1.33. The molecule has 0 aliphatic heterocycles. The molecule has 0 amide bonds. The maximum Gasteiger partial charge on any atom is 0.416 e. The Morgan fingerprint density at radius 2 is 2.00 bits per heavy atom. The molecule has 0 bridgehead atoms.